The maximum Gasteiger partial charge on any atom is 0.0130 e. The van der Waals surface area contributed by atoms with Gasteiger partial charge in [-0.15, -0.1) is 0 Å². The van der Waals surface area contributed by atoms with Crippen molar-refractivity contribution in [3.8, 4) is 0 Å². The van der Waals surface area contributed by atoms with Crippen molar-refractivity contribution in [2.24, 2.45) is 5.92 Å². The molecule has 0 spiro atoms. The van der Waals surface area contributed by atoms with Gasteiger partial charge in [-0.25, -0.2) is 0 Å². The topological polar surface area (TPSA) is 12.0 Å². The average Bonchev–Trinajstić information content (AvgIpc) is 2.70. The molecular weight excluding hydrogens is 309 g/mol. The largest absolute Gasteiger partial charge is 0.314 e. The van der Waals surface area contributed by atoms with Gasteiger partial charge in [0.1, 0.15) is 0 Å². The molecule has 1 nitrogen and oxygen atoms in total. The molecule has 0 amide bonds. The van der Waals surface area contributed by atoms with Crippen LogP contribution in [0.3, 0.4) is 0 Å². The van der Waals surface area contributed by atoms with Crippen molar-refractivity contribution in [1.29, 1.82) is 0 Å². The summed E-state index contributed by atoms with van der Waals surface area (Å²) in [6.07, 6.45) is 5.40. The van der Waals surface area contributed by atoms with Gasteiger partial charge in [0.25, 0.3) is 0 Å². The summed E-state index contributed by atoms with van der Waals surface area (Å²) in [5.41, 5.74) is 1.50. The highest BCUT2D eigenvalue weighted by Crippen LogP contribution is 2.28. The lowest BCUT2D eigenvalue weighted by molar-refractivity contribution is 0.406. The molecule has 1 aromatic rings. The first-order valence-electron chi connectivity index (χ1n) is 6.27. The number of hydrogen-bond donors (Lipinski definition) is 1. The van der Waals surface area contributed by atoms with Gasteiger partial charge in [0.05, 0.1) is 0 Å². The molecule has 0 saturated heterocycles. The molecule has 1 aliphatic carbocycles. The second kappa shape index (κ2) is 6.01. The summed E-state index contributed by atoms with van der Waals surface area (Å²) in [5, 5.41) is 3.62. The van der Waals surface area contributed by atoms with E-state index in [-0.39, 0.29) is 0 Å². The Labute approximate surface area is 112 Å². The predicted octanol–water partition coefficient (Wildman–Crippen LogP) is 3.61. The Balaban J connectivity index is 1.95. The standard InChI is InChI=1S/C14H20IN/c1-2-16-14-5-3-4-12(14)10-11-6-8-13(15)9-7-11/h6-9,12,14,16H,2-5,10H2,1H3. The van der Waals surface area contributed by atoms with E-state index in [1.54, 1.807) is 0 Å². The Morgan fingerprint density at radius 2 is 2.00 bits per heavy atom. The molecule has 0 aromatic heterocycles. The van der Waals surface area contributed by atoms with Crippen LogP contribution < -0.4 is 5.32 Å². The van der Waals surface area contributed by atoms with E-state index in [1.807, 2.05) is 0 Å². The van der Waals surface area contributed by atoms with Crippen LogP contribution in [0, 0.1) is 9.49 Å². The zero-order valence-electron chi connectivity index (χ0n) is 9.88. The van der Waals surface area contributed by atoms with Crippen LogP contribution in [-0.4, -0.2) is 12.6 Å². The van der Waals surface area contributed by atoms with Crippen molar-refractivity contribution in [3.05, 3.63) is 33.4 Å². The van der Waals surface area contributed by atoms with Gasteiger partial charge in [-0.1, -0.05) is 25.5 Å². The summed E-state index contributed by atoms with van der Waals surface area (Å²) < 4.78 is 1.33. The van der Waals surface area contributed by atoms with Gasteiger partial charge in [-0.3, -0.25) is 0 Å². The van der Waals surface area contributed by atoms with Crippen LogP contribution in [0.15, 0.2) is 24.3 Å². The van der Waals surface area contributed by atoms with Crippen LogP contribution in [0.5, 0.6) is 0 Å². The molecule has 1 aromatic carbocycles. The highest BCUT2D eigenvalue weighted by Gasteiger charge is 2.26. The predicted molar refractivity (Wildman–Crippen MR) is 77.7 cm³/mol. The van der Waals surface area contributed by atoms with E-state index < -0.39 is 0 Å². The highest BCUT2D eigenvalue weighted by atomic mass is 127. The zero-order valence-corrected chi connectivity index (χ0v) is 12.0. The molecule has 0 aliphatic heterocycles. The van der Waals surface area contributed by atoms with Gasteiger partial charge in [-0.2, -0.15) is 0 Å². The molecule has 0 radical (unpaired) electrons. The first-order valence-corrected chi connectivity index (χ1v) is 7.35. The van der Waals surface area contributed by atoms with Gasteiger partial charge in [-0.05, 0) is 72.0 Å². The van der Waals surface area contributed by atoms with Crippen molar-refractivity contribution >= 4 is 22.6 Å². The van der Waals surface area contributed by atoms with E-state index in [4.69, 9.17) is 0 Å². The molecular formula is C14H20IN. The van der Waals surface area contributed by atoms with E-state index in [2.05, 4.69) is 59.1 Å². The van der Waals surface area contributed by atoms with Crippen LogP contribution in [0.4, 0.5) is 0 Å². The number of nitrogens with one attached hydrogen (secondary N) is 1. The third kappa shape index (κ3) is 3.20. The Hall–Kier alpha value is -0.0900. The lowest BCUT2D eigenvalue weighted by Gasteiger charge is -2.20. The minimum absolute atomic E-state index is 0.754. The van der Waals surface area contributed by atoms with Crippen molar-refractivity contribution in [3.63, 3.8) is 0 Å². The van der Waals surface area contributed by atoms with E-state index >= 15 is 0 Å². The van der Waals surface area contributed by atoms with Gasteiger partial charge < -0.3 is 5.32 Å². The SMILES string of the molecule is CCNC1CCCC1Cc1ccc(I)cc1. The zero-order chi connectivity index (χ0) is 11.4. The van der Waals surface area contributed by atoms with E-state index in [0.717, 1.165) is 18.5 Å². The fourth-order valence-electron chi connectivity index (χ4n) is 2.74. The second-order valence-electron chi connectivity index (χ2n) is 4.69. The first kappa shape index (κ1) is 12.4. The monoisotopic (exact) mass is 329 g/mol. The van der Waals surface area contributed by atoms with Crippen molar-refractivity contribution in [1.82, 2.24) is 5.32 Å². The highest BCUT2D eigenvalue weighted by molar-refractivity contribution is 14.1. The lowest BCUT2D eigenvalue weighted by atomic mass is 9.95. The number of hydrogen-bond acceptors (Lipinski definition) is 1. The molecule has 2 rings (SSSR count). The summed E-state index contributed by atoms with van der Waals surface area (Å²) in [6.45, 7) is 3.31. The summed E-state index contributed by atoms with van der Waals surface area (Å²) in [4.78, 5) is 0. The fourth-order valence-corrected chi connectivity index (χ4v) is 3.09. The molecule has 16 heavy (non-hydrogen) atoms. The smallest absolute Gasteiger partial charge is 0.0130 e. The molecule has 1 N–H and O–H groups in total. The van der Waals surface area contributed by atoms with Crippen molar-refractivity contribution in [2.45, 2.75) is 38.6 Å². The van der Waals surface area contributed by atoms with Gasteiger partial charge in [0.2, 0.25) is 0 Å². The van der Waals surface area contributed by atoms with Crippen LogP contribution in [0.25, 0.3) is 0 Å². The molecule has 2 unspecified atom stereocenters. The molecule has 0 bridgehead atoms. The van der Waals surface area contributed by atoms with Crippen LogP contribution in [-0.2, 0) is 6.42 Å². The summed E-state index contributed by atoms with van der Waals surface area (Å²) >= 11 is 2.37. The minimum Gasteiger partial charge on any atom is -0.314 e. The summed E-state index contributed by atoms with van der Waals surface area (Å²) in [6, 6.07) is 9.75. The van der Waals surface area contributed by atoms with Crippen LogP contribution >= 0.6 is 22.6 Å². The van der Waals surface area contributed by atoms with Crippen LogP contribution in [0.2, 0.25) is 0 Å². The Bertz CT molecular complexity index is 320. The second-order valence-corrected chi connectivity index (χ2v) is 5.93. The van der Waals surface area contributed by atoms with Gasteiger partial charge in [0.15, 0.2) is 0 Å². The molecule has 1 saturated carbocycles. The number of rotatable bonds is 4. The molecule has 88 valence electrons. The van der Waals surface area contributed by atoms with E-state index in [1.165, 1.54) is 34.8 Å². The minimum atomic E-state index is 0.754. The van der Waals surface area contributed by atoms with Crippen molar-refractivity contribution in [2.75, 3.05) is 6.54 Å². The molecule has 1 aliphatic rings. The van der Waals surface area contributed by atoms with Crippen molar-refractivity contribution < 1.29 is 0 Å². The molecule has 2 heteroatoms. The van der Waals surface area contributed by atoms with Crippen LogP contribution in [0.1, 0.15) is 31.7 Å². The van der Waals surface area contributed by atoms with Gasteiger partial charge in [0, 0.05) is 9.61 Å². The third-order valence-electron chi connectivity index (χ3n) is 3.54. The fraction of sp³-hybridized carbons (Fsp3) is 0.571. The average molecular weight is 329 g/mol. The summed E-state index contributed by atoms with van der Waals surface area (Å²) in [7, 11) is 0. The van der Waals surface area contributed by atoms with Gasteiger partial charge >= 0.3 is 0 Å². The quantitative estimate of drug-likeness (QED) is 0.832. The molecule has 0 heterocycles. The first-order chi connectivity index (χ1) is 7.79. The summed E-state index contributed by atoms with van der Waals surface area (Å²) in [5.74, 6) is 0.847. The molecule has 1 fully saturated rings. The number of benzene rings is 1. The maximum atomic E-state index is 3.62. The number of halogens is 1. The Morgan fingerprint density at radius 1 is 1.25 bits per heavy atom. The normalized spacial score (nSPS) is 24.9. The maximum absolute atomic E-state index is 3.62. The lowest BCUT2D eigenvalue weighted by Crippen LogP contribution is -2.33. The molecule has 2 atom stereocenters. The Morgan fingerprint density at radius 3 is 2.69 bits per heavy atom. The van der Waals surface area contributed by atoms with E-state index in [0.29, 0.717) is 0 Å². The Kier molecular flexibility index (Phi) is 4.65. The third-order valence-corrected chi connectivity index (χ3v) is 4.26. The van der Waals surface area contributed by atoms with E-state index in [9.17, 15) is 0 Å².